The summed E-state index contributed by atoms with van der Waals surface area (Å²) in [6, 6.07) is 9.49. The number of ether oxygens (including phenoxy) is 2. The monoisotopic (exact) mass is 627 g/mol. The number of nitrogens with one attached hydrogen (secondary N) is 2. The third-order valence-corrected chi connectivity index (χ3v) is 9.66. The maximum Gasteiger partial charge on any atom is 0.412 e. The number of benzene rings is 1. The fraction of sp³-hybridized carbons (Fsp3) is 0.757. The van der Waals surface area contributed by atoms with Gasteiger partial charge >= 0.3 is 6.09 Å². The first-order chi connectivity index (χ1) is 21.1. The highest BCUT2D eigenvalue weighted by Gasteiger charge is 2.52. The second-order valence-electron chi connectivity index (χ2n) is 15.3. The molecule has 3 rings (SSSR count). The molecule has 0 spiro atoms. The normalized spacial score (nSPS) is 22.6. The van der Waals surface area contributed by atoms with E-state index in [4.69, 9.17) is 9.47 Å². The van der Waals surface area contributed by atoms with E-state index in [2.05, 4.69) is 29.7 Å². The van der Waals surface area contributed by atoms with Crippen molar-refractivity contribution in [2.75, 3.05) is 6.54 Å². The molecule has 8 heteroatoms. The Bertz CT molecular complexity index is 1090. The van der Waals surface area contributed by atoms with Gasteiger partial charge in [0.15, 0.2) is 0 Å². The minimum absolute atomic E-state index is 0.0245. The van der Waals surface area contributed by atoms with Crippen molar-refractivity contribution >= 4 is 17.9 Å². The predicted molar refractivity (Wildman–Crippen MR) is 179 cm³/mol. The van der Waals surface area contributed by atoms with Gasteiger partial charge in [0.1, 0.15) is 11.3 Å². The van der Waals surface area contributed by atoms with Gasteiger partial charge in [0.2, 0.25) is 11.8 Å². The topological polar surface area (TPSA) is 97.0 Å². The van der Waals surface area contributed by atoms with Crippen molar-refractivity contribution in [3.63, 3.8) is 0 Å². The zero-order chi connectivity index (χ0) is 33.4. The Morgan fingerprint density at radius 2 is 1.67 bits per heavy atom. The summed E-state index contributed by atoms with van der Waals surface area (Å²) >= 11 is 0. The molecule has 1 aromatic rings. The average molecular weight is 628 g/mol. The molecule has 5 atom stereocenters. The third-order valence-electron chi connectivity index (χ3n) is 9.66. The summed E-state index contributed by atoms with van der Waals surface area (Å²) in [6.45, 7) is 18.2. The van der Waals surface area contributed by atoms with Crippen LogP contribution in [0.1, 0.15) is 119 Å². The quantitative estimate of drug-likeness (QED) is 0.239. The summed E-state index contributed by atoms with van der Waals surface area (Å²) < 4.78 is 12.5. The Balaban J connectivity index is 1.76. The van der Waals surface area contributed by atoms with Gasteiger partial charge in [0.25, 0.3) is 0 Å². The summed E-state index contributed by atoms with van der Waals surface area (Å²) in [6.07, 6.45) is 8.07. The van der Waals surface area contributed by atoms with Crippen LogP contribution < -0.4 is 10.6 Å². The van der Waals surface area contributed by atoms with Crippen LogP contribution in [0, 0.1) is 23.7 Å². The minimum atomic E-state index is -0.884. The summed E-state index contributed by atoms with van der Waals surface area (Å²) in [7, 11) is 0. The molecule has 2 N–H and O–H groups in total. The predicted octanol–water partition coefficient (Wildman–Crippen LogP) is 7.25. The van der Waals surface area contributed by atoms with Crippen molar-refractivity contribution in [3.05, 3.63) is 35.9 Å². The molecule has 0 bridgehead atoms. The minimum Gasteiger partial charge on any atom is -0.444 e. The Kier molecular flexibility index (Phi) is 13.5. The zero-order valence-electron chi connectivity index (χ0n) is 29.5. The first-order valence-electron chi connectivity index (χ1n) is 17.4. The third kappa shape index (κ3) is 10.8. The fourth-order valence-corrected chi connectivity index (χ4v) is 6.99. The number of carbonyl (C=O) groups excluding carboxylic acids is 3. The highest BCUT2D eigenvalue weighted by molar-refractivity contribution is 5.99. The Labute approximate surface area is 272 Å². The van der Waals surface area contributed by atoms with E-state index in [0.29, 0.717) is 18.9 Å². The molecule has 1 saturated carbocycles. The van der Waals surface area contributed by atoms with Crippen LogP contribution in [-0.2, 0) is 25.5 Å². The Morgan fingerprint density at radius 1 is 1.02 bits per heavy atom. The number of hydrogen-bond acceptors (Lipinski definition) is 6. The van der Waals surface area contributed by atoms with Crippen LogP contribution in [-0.4, -0.2) is 58.9 Å². The van der Waals surface area contributed by atoms with Crippen molar-refractivity contribution in [1.82, 2.24) is 15.5 Å². The first kappa shape index (κ1) is 37.0. The van der Waals surface area contributed by atoms with Gasteiger partial charge in [-0.2, -0.15) is 0 Å². The summed E-state index contributed by atoms with van der Waals surface area (Å²) in [5.74, 6) is -0.476. The molecule has 3 amide bonds. The molecule has 1 aromatic carbocycles. The molecule has 1 saturated heterocycles. The lowest BCUT2D eigenvalue weighted by molar-refractivity contribution is -0.137. The molecule has 1 heterocycles. The number of imide groups is 1. The van der Waals surface area contributed by atoms with E-state index in [1.54, 1.807) is 4.90 Å². The summed E-state index contributed by atoms with van der Waals surface area (Å²) in [5.41, 5.74) is -0.320. The van der Waals surface area contributed by atoms with E-state index in [1.165, 1.54) is 24.8 Å². The number of amides is 3. The van der Waals surface area contributed by atoms with Crippen molar-refractivity contribution in [1.29, 1.82) is 0 Å². The van der Waals surface area contributed by atoms with Gasteiger partial charge in [-0.15, -0.1) is 0 Å². The number of nitrogens with zero attached hydrogens (tertiary/aromatic N) is 1. The molecular formula is C37H61N3O5. The lowest BCUT2D eigenvalue weighted by atomic mass is 9.81. The van der Waals surface area contributed by atoms with E-state index < -0.39 is 23.3 Å². The van der Waals surface area contributed by atoms with E-state index in [0.717, 1.165) is 32.1 Å². The van der Waals surface area contributed by atoms with Gasteiger partial charge in [0.05, 0.1) is 18.2 Å². The number of carbonyl (C=O) groups is 3. The fourth-order valence-electron chi connectivity index (χ4n) is 6.99. The number of hydrogen-bond donors (Lipinski definition) is 2. The molecule has 0 aromatic heterocycles. The molecule has 1 aliphatic carbocycles. The average Bonchev–Trinajstić information content (AvgIpc) is 3.22. The highest BCUT2D eigenvalue weighted by atomic mass is 16.6. The highest BCUT2D eigenvalue weighted by Crippen LogP contribution is 2.42. The van der Waals surface area contributed by atoms with Gasteiger partial charge in [0, 0.05) is 5.92 Å². The lowest BCUT2D eigenvalue weighted by Crippen LogP contribution is -2.52. The van der Waals surface area contributed by atoms with Gasteiger partial charge in [-0.25, -0.2) is 4.79 Å². The van der Waals surface area contributed by atoms with Gasteiger partial charge in [-0.3, -0.25) is 19.8 Å². The number of rotatable bonds is 13. The molecule has 254 valence electrons. The van der Waals surface area contributed by atoms with Gasteiger partial charge in [-0.05, 0) is 83.7 Å². The van der Waals surface area contributed by atoms with E-state index >= 15 is 0 Å². The SMILES string of the molecule is CC[C@H](C)[C@H](NCCc1ccccc1)C(=O)NC(=O)[C@@H](C[C@@H]1OC(C)(C)N(C(=O)OC(C)(C)C)[C@H]1CC1CCCCC1)C(C)C. The molecule has 0 radical (unpaired) electrons. The van der Waals surface area contributed by atoms with Crippen LogP contribution in [0.2, 0.25) is 0 Å². The van der Waals surface area contributed by atoms with Gasteiger partial charge in [-0.1, -0.05) is 96.6 Å². The molecule has 45 heavy (non-hydrogen) atoms. The standard InChI is InChI=1S/C37H61N3O5/c1-10-26(4)32(38-22-21-27-17-13-11-14-18-27)34(42)39-33(41)29(25(2)3)24-31-30(23-28-19-15-12-16-20-28)40(37(8,9)44-31)35(43)45-36(5,6)7/h11,13-14,17-18,25-26,28-32,38H,10,12,15-16,19-24H2,1-9H3,(H,39,41,42)/t26-,29-,30-,31-,32-/m0/s1. The molecule has 2 fully saturated rings. The first-order valence-corrected chi connectivity index (χ1v) is 17.4. The second-order valence-corrected chi connectivity index (χ2v) is 15.3. The van der Waals surface area contributed by atoms with E-state index in [9.17, 15) is 14.4 Å². The lowest BCUT2D eigenvalue weighted by Gasteiger charge is -2.37. The van der Waals surface area contributed by atoms with Crippen molar-refractivity contribution < 1.29 is 23.9 Å². The van der Waals surface area contributed by atoms with Crippen LogP contribution in [0.3, 0.4) is 0 Å². The maximum atomic E-state index is 13.8. The van der Waals surface area contributed by atoms with Crippen LogP contribution in [0.4, 0.5) is 4.79 Å². The summed E-state index contributed by atoms with van der Waals surface area (Å²) in [5, 5.41) is 6.20. The Morgan fingerprint density at radius 3 is 2.24 bits per heavy atom. The molecule has 2 aliphatic rings. The van der Waals surface area contributed by atoms with Crippen LogP contribution >= 0.6 is 0 Å². The van der Waals surface area contributed by atoms with E-state index in [-0.39, 0.29) is 41.9 Å². The molecule has 8 nitrogen and oxygen atoms in total. The smallest absolute Gasteiger partial charge is 0.412 e. The maximum absolute atomic E-state index is 13.8. The van der Waals surface area contributed by atoms with Crippen LogP contribution in [0.15, 0.2) is 30.3 Å². The van der Waals surface area contributed by atoms with Crippen molar-refractivity contribution in [3.8, 4) is 0 Å². The Hall–Kier alpha value is -2.45. The second kappa shape index (κ2) is 16.4. The van der Waals surface area contributed by atoms with Gasteiger partial charge < -0.3 is 14.8 Å². The van der Waals surface area contributed by atoms with Crippen molar-refractivity contribution in [2.24, 2.45) is 23.7 Å². The largest absolute Gasteiger partial charge is 0.444 e. The van der Waals surface area contributed by atoms with Crippen molar-refractivity contribution in [2.45, 2.75) is 150 Å². The van der Waals surface area contributed by atoms with Crippen LogP contribution in [0.25, 0.3) is 0 Å². The van der Waals surface area contributed by atoms with Crippen LogP contribution in [0.5, 0.6) is 0 Å². The van der Waals surface area contributed by atoms with E-state index in [1.807, 2.05) is 73.6 Å². The zero-order valence-corrected chi connectivity index (χ0v) is 29.5. The molecule has 1 aliphatic heterocycles. The molecule has 0 unspecified atom stereocenters. The summed E-state index contributed by atoms with van der Waals surface area (Å²) in [4.78, 5) is 42.8. The molecular weight excluding hydrogens is 566 g/mol.